The van der Waals surface area contributed by atoms with Gasteiger partial charge in [0.05, 0.1) is 6.54 Å². The first kappa shape index (κ1) is 16.0. The molecule has 1 heterocycles. The molecule has 0 bridgehead atoms. The Morgan fingerprint density at radius 2 is 2.21 bits per heavy atom. The van der Waals surface area contributed by atoms with E-state index in [0.717, 1.165) is 17.7 Å². The molecule has 0 fully saturated rings. The van der Waals surface area contributed by atoms with Crippen LogP contribution in [0.2, 0.25) is 0 Å². The first-order chi connectivity index (χ1) is 8.92. The second kappa shape index (κ2) is 7.49. The van der Waals surface area contributed by atoms with E-state index in [-0.39, 0.29) is 12.6 Å². The van der Waals surface area contributed by atoms with Gasteiger partial charge in [-0.25, -0.2) is 0 Å². The Labute approximate surface area is 114 Å². The van der Waals surface area contributed by atoms with Crippen molar-refractivity contribution in [3.8, 4) is 0 Å². The van der Waals surface area contributed by atoms with Crippen LogP contribution in [0.5, 0.6) is 0 Å². The Morgan fingerprint density at radius 3 is 2.74 bits per heavy atom. The van der Waals surface area contributed by atoms with Crippen LogP contribution in [-0.4, -0.2) is 25.2 Å². The molecule has 3 nitrogen and oxygen atoms in total. The summed E-state index contributed by atoms with van der Waals surface area (Å²) in [5.41, 5.74) is 0. The first-order valence-electron chi connectivity index (χ1n) is 6.02. The molecule has 0 radical (unpaired) electrons. The van der Waals surface area contributed by atoms with E-state index in [0.29, 0.717) is 0 Å². The number of rotatable bonds is 7. The molecule has 19 heavy (non-hydrogen) atoms. The molecule has 108 valence electrons. The molecule has 0 spiro atoms. The highest BCUT2D eigenvalue weighted by molar-refractivity contribution is 7.10. The zero-order valence-electron chi connectivity index (χ0n) is 10.6. The molecule has 1 aromatic rings. The zero-order valence-corrected chi connectivity index (χ0v) is 11.4. The summed E-state index contributed by atoms with van der Waals surface area (Å²) in [6.45, 7) is 0.621. The standard InChI is InChI=1S/C12H17F3N2OS/c1-2-4-9(10-5-3-6-19-10)16-7-11(18)17-8-12(13,14)15/h3,5-6,9,16H,2,4,7-8H2,1H3,(H,17,18). The minimum Gasteiger partial charge on any atom is -0.346 e. The van der Waals surface area contributed by atoms with Crippen molar-refractivity contribution in [1.29, 1.82) is 0 Å². The van der Waals surface area contributed by atoms with Crippen LogP contribution >= 0.6 is 11.3 Å². The summed E-state index contributed by atoms with van der Waals surface area (Å²) in [5, 5.41) is 6.77. The largest absolute Gasteiger partial charge is 0.405 e. The van der Waals surface area contributed by atoms with E-state index in [4.69, 9.17) is 0 Å². The van der Waals surface area contributed by atoms with Crippen LogP contribution in [0.3, 0.4) is 0 Å². The van der Waals surface area contributed by atoms with Gasteiger partial charge in [0.15, 0.2) is 0 Å². The molecule has 0 aliphatic rings. The minimum atomic E-state index is -4.37. The van der Waals surface area contributed by atoms with Crippen molar-refractivity contribution in [3.63, 3.8) is 0 Å². The Balaban J connectivity index is 2.38. The lowest BCUT2D eigenvalue weighted by Gasteiger charge is -2.16. The molecule has 1 rings (SSSR count). The third-order valence-electron chi connectivity index (χ3n) is 2.46. The fourth-order valence-electron chi connectivity index (χ4n) is 1.60. The van der Waals surface area contributed by atoms with Crippen molar-refractivity contribution in [3.05, 3.63) is 22.4 Å². The normalized spacial score (nSPS) is 13.3. The van der Waals surface area contributed by atoms with Crippen LogP contribution < -0.4 is 10.6 Å². The summed E-state index contributed by atoms with van der Waals surface area (Å²) >= 11 is 1.57. The van der Waals surface area contributed by atoms with E-state index >= 15 is 0 Å². The lowest BCUT2D eigenvalue weighted by molar-refractivity contribution is -0.137. The van der Waals surface area contributed by atoms with E-state index in [1.165, 1.54) is 0 Å². The number of thiophene rings is 1. The third kappa shape index (κ3) is 6.58. The smallest absolute Gasteiger partial charge is 0.346 e. The van der Waals surface area contributed by atoms with E-state index in [1.54, 1.807) is 11.3 Å². The average molecular weight is 294 g/mol. The SMILES string of the molecule is CCCC(NCC(=O)NCC(F)(F)F)c1cccs1. The second-order valence-electron chi connectivity index (χ2n) is 4.13. The monoisotopic (exact) mass is 294 g/mol. The van der Waals surface area contributed by atoms with Gasteiger partial charge in [-0.3, -0.25) is 4.79 Å². The molecule has 1 atom stereocenters. The Kier molecular flexibility index (Phi) is 6.30. The van der Waals surface area contributed by atoms with Crippen LogP contribution in [0.4, 0.5) is 13.2 Å². The van der Waals surface area contributed by atoms with Crippen LogP contribution in [0.25, 0.3) is 0 Å². The zero-order chi connectivity index (χ0) is 14.3. The molecule has 1 aromatic heterocycles. The molecular formula is C12H17F3N2OS. The van der Waals surface area contributed by atoms with Gasteiger partial charge in [-0.1, -0.05) is 19.4 Å². The molecule has 1 unspecified atom stereocenters. The Bertz CT molecular complexity index is 379. The highest BCUT2D eigenvalue weighted by Gasteiger charge is 2.27. The summed E-state index contributed by atoms with van der Waals surface area (Å²) in [7, 11) is 0. The predicted octanol–water partition coefficient (Wildman–Crippen LogP) is 2.86. The summed E-state index contributed by atoms with van der Waals surface area (Å²) < 4.78 is 35.8. The van der Waals surface area contributed by atoms with Gasteiger partial charge >= 0.3 is 6.18 Å². The van der Waals surface area contributed by atoms with Gasteiger partial charge < -0.3 is 10.6 Å². The molecule has 7 heteroatoms. The molecule has 1 amide bonds. The topological polar surface area (TPSA) is 41.1 Å². The lowest BCUT2D eigenvalue weighted by atomic mass is 10.1. The third-order valence-corrected chi connectivity index (χ3v) is 3.44. The molecule has 0 aliphatic carbocycles. The van der Waals surface area contributed by atoms with Gasteiger partial charge in [-0.2, -0.15) is 13.2 Å². The number of alkyl halides is 3. The van der Waals surface area contributed by atoms with Gasteiger partial charge in [0.2, 0.25) is 5.91 Å². The maximum atomic E-state index is 11.9. The van der Waals surface area contributed by atoms with Crippen molar-refractivity contribution in [2.24, 2.45) is 0 Å². The number of halogens is 3. The number of nitrogens with one attached hydrogen (secondary N) is 2. The Morgan fingerprint density at radius 1 is 1.47 bits per heavy atom. The van der Waals surface area contributed by atoms with Crippen LogP contribution in [0.15, 0.2) is 17.5 Å². The maximum absolute atomic E-state index is 11.9. The number of hydrogen-bond acceptors (Lipinski definition) is 3. The van der Waals surface area contributed by atoms with Crippen molar-refractivity contribution in [2.45, 2.75) is 32.0 Å². The fraction of sp³-hybridized carbons (Fsp3) is 0.583. The van der Waals surface area contributed by atoms with Gasteiger partial charge in [0, 0.05) is 10.9 Å². The van der Waals surface area contributed by atoms with Gasteiger partial charge in [-0.05, 0) is 17.9 Å². The average Bonchev–Trinajstić information content (AvgIpc) is 2.84. The predicted molar refractivity (Wildman–Crippen MR) is 69.0 cm³/mol. The molecular weight excluding hydrogens is 277 g/mol. The Hall–Kier alpha value is -1.08. The molecule has 0 aromatic carbocycles. The summed E-state index contributed by atoms with van der Waals surface area (Å²) in [5.74, 6) is -0.644. The van der Waals surface area contributed by atoms with Crippen LogP contribution in [-0.2, 0) is 4.79 Å². The van der Waals surface area contributed by atoms with Gasteiger partial charge in [-0.15, -0.1) is 11.3 Å². The van der Waals surface area contributed by atoms with Crippen LogP contribution in [0, 0.1) is 0 Å². The number of carbonyl (C=O) groups is 1. The highest BCUT2D eigenvalue weighted by atomic mass is 32.1. The van der Waals surface area contributed by atoms with Crippen molar-refractivity contribution in [1.82, 2.24) is 10.6 Å². The van der Waals surface area contributed by atoms with E-state index in [1.807, 2.05) is 29.8 Å². The molecule has 2 N–H and O–H groups in total. The fourth-order valence-corrected chi connectivity index (χ4v) is 2.44. The van der Waals surface area contributed by atoms with E-state index in [9.17, 15) is 18.0 Å². The minimum absolute atomic E-state index is 0.0154. The molecule has 0 aliphatic heterocycles. The maximum Gasteiger partial charge on any atom is 0.405 e. The second-order valence-corrected chi connectivity index (χ2v) is 5.11. The molecule has 0 saturated carbocycles. The summed E-state index contributed by atoms with van der Waals surface area (Å²) in [6.07, 6.45) is -2.60. The lowest BCUT2D eigenvalue weighted by Crippen LogP contribution is -2.40. The van der Waals surface area contributed by atoms with Gasteiger partial charge in [0.1, 0.15) is 6.54 Å². The van der Waals surface area contributed by atoms with Crippen molar-refractivity contribution >= 4 is 17.2 Å². The number of amides is 1. The van der Waals surface area contributed by atoms with Crippen LogP contribution in [0.1, 0.15) is 30.7 Å². The first-order valence-corrected chi connectivity index (χ1v) is 6.90. The van der Waals surface area contributed by atoms with E-state index in [2.05, 4.69) is 5.32 Å². The molecule has 0 saturated heterocycles. The number of hydrogen-bond donors (Lipinski definition) is 2. The number of carbonyl (C=O) groups excluding carboxylic acids is 1. The van der Waals surface area contributed by atoms with Gasteiger partial charge in [0.25, 0.3) is 0 Å². The summed E-state index contributed by atoms with van der Waals surface area (Å²) in [6, 6.07) is 3.88. The highest BCUT2D eigenvalue weighted by Crippen LogP contribution is 2.22. The summed E-state index contributed by atoms with van der Waals surface area (Å²) in [4.78, 5) is 12.4. The van der Waals surface area contributed by atoms with E-state index < -0.39 is 18.6 Å². The quantitative estimate of drug-likeness (QED) is 0.812. The van der Waals surface area contributed by atoms with Crippen molar-refractivity contribution < 1.29 is 18.0 Å². The van der Waals surface area contributed by atoms with Crippen molar-refractivity contribution in [2.75, 3.05) is 13.1 Å².